The number of hydrogen-bond donors (Lipinski definition) is 1. The zero-order chi connectivity index (χ0) is 27.2. The molecule has 4 nitrogen and oxygen atoms in total. The standard InChI is InChI=1S/C35H37N3O/c1-4-13-26-20-22-29(23-21-26)36-35(39)34-33(30-18-11-12-19-31(30)38(34)25-24-37(2)3)32(27-14-7-5-8-15-27)28-16-9-6-10-17-28/h5-12,14-23,32H,4,13,24-25H2,1-3H3,(H,36,39). The summed E-state index contributed by atoms with van der Waals surface area (Å²) in [5.41, 5.74) is 7.26. The first-order valence-electron chi connectivity index (χ1n) is 13.8. The predicted molar refractivity (Wildman–Crippen MR) is 163 cm³/mol. The number of benzene rings is 4. The summed E-state index contributed by atoms with van der Waals surface area (Å²) in [4.78, 5) is 16.5. The van der Waals surface area contributed by atoms with E-state index in [9.17, 15) is 4.79 Å². The van der Waals surface area contributed by atoms with Crippen molar-refractivity contribution in [3.8, 4) is 0 Å². The summed E-state index contributed by atoms with van der Waals surface area (Å²) in [5.74, 6) is -0.175. The van der Waals surface area contributed by atoms with Gasteiger partial charge in [-0.05, 0) is 55.4 Å². The van der Waals surface area contributed by atoms with Crippen molar-refractivity contribution in [2.75, 3.05) is 26.0 Å². The van der Waals surface area contributed by atoms with Crippen molar-refractivity contribution in [3.63, 3.8) is 0 Å². The van der Waals surface area contributed by atoms with Crippen molar-refractivity contribution in [1.82, 2.24) is 9.47 Å². The van der Waals surface area contributed by atoms with E-state index in [1.807, 2.05) is 24.3 Å². The van der Waals surface area contributed by atoms with Crippen molar-refractivity contribution in [3.05, 3.63) is 137 Å². The van der Waals surface area contributed by atoms with Crippen LogP contribution >= 0.6 is 0 Å². The number of amides is 1. The van der Waals surface area contributed by atoms with Crippen LogP contribution in [0.25, 0.3) is 10.9 Å². The van der Waals surface area contributed by atoms with Gasteiger partial charge in [0.25, 0.3) is 5.91 Å². The summed E-state index contributed by atoms with van der Waals surface area (Å²) < 4.78 is 2.21. The van der Waals surface area contributed by atoms with E-state index in [1.54, 1.807) is 0 Å². The smallest absolute Gasteiger partial charge is 0.272 e. The summed E-state index contributed by atoms with van der Waals surface area (Å²) in [6.45, 7) is 3.72. The van der Waals surface area contributed by atoms with E-state index < -0.39 is 0 Å². The van der Waals surface area contributed by atoms with Crippen LogP contribution in [0.3, 0.4) is 0 Å². The van der Waals surface area contributed by atoms with Crippen molar-refractivity contribution < 1.29 is 4.79 Å². The highest BCUT2D eigenvalue weighted by Crippen LogP contribution is 2.40. The molecule has 5 aromatic rings. The molecule has 0 fully saturated rings. The molecule has 0 aliphatic heterocycles. The summed E-state index contributed by atoms with van der Waals surface area (Å²) in [7, 11) is 4.14. The molecule has 0 aliphatic rings. The number of rotatable bonds is 10. The second kappa shape index (κ2) is 12.1. The Morgan fingerprint density at radius 2 is 1.38 bits per heavy atom. The summed E-state index contributed by atoms with van der Waals surface area (Å²) >= 11 is 0. The Morgan fingerprint density at radius 1 is 0.795 bits per heavy atom. The molecule has 1 heterocycles. The summed E-state index contributed by atoms with van der Waals surface area (Å²) in [6.07, 6.45) is 2.13. The average Bonchev–Trinajstić information content (AvgIpc) is 3.28. The lowest BCUT2D eigenvalue weighted by atomic mass is 9.83. The molecule has 0 spiro atoms. The van der Waals surface area contributed by atoms with E-state index >= 15 is 0 Å². The largest absolute Gasteiger partial charge is 0.335 e. The fourth-order valence-electron chi connectivity index (χ4n) is 5.45. The van der Waals surface area contributed by atoms with Crippen LogP contribution in [0, 0.1) is 0 Å². The average molecular weight is 516 g/mol. The van der Waals surface area contributed by atoms with Crippen molar-refractivity contribution >= 4 is 22.5 Å². The van der Waals surface area contributed by atoms with Crippen LogP contribution < -0.4 is 5.32 Å². The van der Waals surface area contributed by atoms with Gasteiger partial charge < -0.3 is 14.8 Å². The molecule has 1 amide bonds. The normalized spacial score (nSPS) is 11.4. The number of anilines is 1. The number of carbonyl (C=O) groups is 1. The number of hydrogen-bond acceptors (Lipinski definition) is 2. The lowest BCUT2D eigenvalue weighted by Crippen LogP contribution is -2.24. The number of fused-ring (bicyclic) bond motifs is 1. The number of aromatic nitrogens is 1. The Balaban J connectivity index is 1.71. The van der Waals surface area contributed by atoms with Gasteiger partial charge in [0.2, 0.25) is 0 Å². The molecule has 0 saturated heterocycles. The number of para-hydroxylation sites is 1. The van der Waals surface area contributed by atoms with Crippen LogP contribution in [0.5, 0.6) is 0 Å². The van der Waals surface area contributed by atoms with Gasteiger partial charge in [0.1, 0.15) is 5.69 Å². The molecule has 0 aliphatic carbocycles. The first-order chi connectivity index (χ1) is 19.1. The monoisotopic (exact) mass is 515 g/mol. The van der Waals surface area contributed by atoms with Gasteiger partial charge in [-0.2, -0.15) is 0 Å². The third-order valence-corrected chi connectivity index (χ3v) is 7.30. The van der Waals surface area contributed by atoms with E-state index in [0.717, 1.165) is 52.7 Å². The van der Waals surface area contributed by atoms with Crippen LogP contribution in [0.15, 0.2) is 109 Å². The number of nitrogens with zero attached hydrogens (tertiary/aromatic N) is 2. The molecule has 39 heavy (non-hydrogen) atoms. The highest BCUT2D eigenvalue weighted by atomic mass is 16.2. The number of carbonyl (C=O) groups excluding carboxylic acids is 1. The number of nitrogens with one attached hydrogen (secondary N) is 1. The maximum Gasteiger partial charge on any atom is 0.272 e. The van der Waals surface area contributed by atoms with E-state index in [2.05, 4.69) is 121 Å². The summed E-state index contributed by atoms with van der Waals surface area (Å²) in [5, 5.41) is 4.35. The van der Waals surface area contributed by atoms with Crippen molar-refractivity contribution in [1.29, 1.82) is 0 Å². The van der Waals surface area contributed by atoms with Crippen molar-refractivity contribution in [2.45, 2.75) is 32.2 Å². The number of likely N-dealkylation sites (N-methyl/N-ethyl adjacent to an activating group) is 1. The van der Waals surface area contributed by atoms with E-state index in [0.29, 0.717) is 12.2 Å². The quantitative estimate of drug-likeness (QED) is 0.208. The molecule has 4 heteroatoms. The van der Waals surface area contributed by atoms with E-state index in [-0.39, 0.29) is 11.8 Å². The Morgan fingerprint density at radius 3 is 1.97 bits per heavy atom. The second-order valence-corrected chi connectivity index (χ2v) is 10.4. The van der Waals surface area contributed by atoms with Gasteiger partial charge in [-0.25, -0.2) is 0 Å². The van der Waals surface area contributed by atoms with Crippen LogP contribution in [0.1, 0.15) is 52.0 Å². The second-order valence-electron chi connectivity index (χ2n) is 10.4. The molecule has 0 saturated carbocycles. The fourth-order valence-corrected chi connectivity index (χ4v) is 5.45. The van der Waals surface area contributed by atoms with Gasteiger partial charge in [-0.1, -0.05) is 104 Å². The van der Waals surface area contributed by atoms with E-state index in [1.165, 1.54) is 5.56 Å². The molecule has 0 atom stereocenters. The maximum absolute atomic E-state index is 14.3. The predicted octanol–water partition coefficient (Wildman–Crippen LogP) is 7.59. The molecular formula is C35H37N3O. The maximum atomic E-state index is 14.3. The lowest BCUT2D eigenvalue weighted by molar-refractivity contribution is 0.101. The minimum atomic E-state index is -0.0920. The molecule has 0 bridgehead atoms. The van der Waals surface area contributed by atoms with Crippen LogP contribution in [0.4, 0.5) is 5.69 Å². The molecule has 0 unspecified atom stereocenters. The molecule has 4 aromatic carbocycles. The topological polar surface area (TPSA) is 37.3 Å². The SMILES string of the molecule is CCCc1ccc(NC(=O)c2c(C(c3ccccc3)c3ccccc3)c3ccccc3n2CCN(C)C)cc1. The Labute approximate surface area is 231 Å². The minimum absolute atomic E-state index is 0.0833. The van der Waals surface area contributed by atoms with Gasteiger partial charge in [-0.15, -0.1) is 0 Å². The van der Waals surface area contributed by atoms with Crippen LogP contribution in [0.2, 0.25) is 0 Å². The minimum Gasteiger partial charge on any atom is -0.335 e. The van der Waals surface area contributed by atoms with Gasteiger partial charge in [0.15, 0.2) is 0 Å². The molecule has 5 rings (SSSR count). The number of aryl methyl sites for hydroxylation is 1. The molecule has 1 aromatic heterocycles. The Kier molecular flexibility index (Phi) is 8.24. The van der Waals surface area contributed by atoms with Gasteiger partial charge in [0, 0.05) is 41.2 Å². The first kappa shape index (κ1) is 26.5. The molecule has 1 N–H and O–H groups in total. The van der Waals surface area contributed by atoms with Crippen LogP contribution in [-0.2, 0) is 13.0 Å². The zero-order valence-corrected chi connectivity index (χ0v) is 23.1. The van der Waals surface area contributed by atoms with Crippen LogP contribution in [-0.4, -0.2) is 36.0 Å². The first-order valence-corrected chi connectivity index (χ1v) is 13.8. The van der Waals surface area contributed by atoms with Gasteiger partial charge in [0.05, 0.1) is 0 Å². The fraction of sp³-hybridized carbons (Fsp3) is 0.229. The highest BCUT2D eigenvalue weighted by Gasteiger charge is 2.30. The van der Waals surface area contributed by atoms with Gasteiger partial charge >= 0.3 is 0 Å². The highest BCUT2D eigenvalue weighted by molar-refractivity contribution is 6.09. The zero-order valence-electron chi connectivity index (χ0n) is 23.1. The van der Waals surface area contributed by atoms with Gasteiger partial charge in [-0.3, -0.25) is 4.79 Å². The third kappa shape index (κ3) is 5.81. The summed E-state index contributed by atoms with van der Waals surface area (Å²) in [6, 6.07) is 37.7. The molecule has 198 valence electrons. The lowest BCUT2D eigenvalue weighted by Gasteiger charge is -2.21. The third-order valence-electron chi connectivity index (χ3n) is 7.30. The van der Waals surface area contributed by atoms with Crippen molar-refractivity contribution in [2.24, 2.45) is 0 Å². The Hall–Kier alpha value is -4.15. The molecular weight excluding hydrogens is 478 g/mol. The van der Waals surface area contributed by atoms with E-state index in [4.69, 9.17) is 0 Å². The Bertz CT molecular complexity index is 1480. The molecule has 0 radical (unpaired) electrons.